The molecule has 4 unspecified atom stereocenters. The third-order valence-corrected chi connectivity index (χ3v) is 3.27. The van der Waals surface area contributed by atoms with E-state index in [9.17, 15) is 4.89 Å². The van der Waals surface area contributed by atoms with E-state index >= 15 is 0 Å². The van der Waals surface area contributed by atoms with Gasteiger partial charge in [0.2, 0.25) is 0 Å². The van der Waals surface area contributed by atoms with Gasteiger partial charge in [0.1, 0.15) is 5.85 Å². The maximum atomic E-state index is 9.27. The summed E-state index contributed by atoms with van der Waals surface area (Å²) < 4.78 is 4.92. The quantitative estimate of drug-likeness (QED) is 0.432. The highest BCUT2D eigenvalue weighted by Gasteiger charge is 2.31. The third-order valence-electron chi connectivity index (χ3n) is 1.51. The summed E-state index contributed by atoms with van der Waals surface area (Å²) in [6, 6.07) is 0. The van der Waals surface area contributed by atoms with Gasteiger partial charge in [-0.05, 0) is 6.92 Å². The van der Waals surface area contributed by atoms with Gasteiger partial charge in [0.05, 0.1) is 13.9 Å². The highest BCUT2D eigenvalue weighted by molar-refractivity contribution is 7.52. The molecule has 1 heterocycles. The molecule has 0 aromatic heterocycles. The van der Waals surface area contributed by atoms with Crippen LogP contribution >= 0.6 is 8.15 Å². The second kappa shape index (κ2) is 3.11. The summed E-state index contributed by atoms with van der Waals surface area (Å²) in [6.07, 6.45) is -0.456. The summed E-state index contributed by atoms with van der Waals surface area (Å²) in [6.45, 7) is 1.72. The first-order valence-electron chi connectivity index (χ1n) is 3.17. The molecule has 1 aliphatic rings. The lowest BCUT2D eigenvalue weighted by atomic mass is 10.4. The van der Waals surface area contributed by atoms with Crippen LogP contribution in [0.25, 0.3) is 0 Å². The Morgan fingerprint density at radius 1 is 1.70 bits per heavy atom. The molecule has 1 aliphatic heterocycles. The first-order valence-corrected chi connectivity index (χ1v) is 4.61. The number of rotatable bonds is 0. The van der Waals surface area contributed by atoms with Crippen molar-refractivity contribution in [1.29, 1.82) is 0 Å². The van der Waals surface area contributed by atoms with Crippen LogP contribution in [0.5, 0.6) is 0 Å². The Bertz CT molecular complexity index is 111. The minimum Gasteiger partial charge on any atom is -0.370 e. The van der Waals surface area contributed by atoms with Crippen LogP contribution in [0.2, 0.25) is 0 Å². The van der Waals surface area contributed by atoms with Crippen LogP contribution in [0.15, 0.2) is 0 Å². The van der Waals surface area contributed by atoms with E-state index in [4.69, 9.17) is 15.6 Å². The molecule has 0 radical (unpaired) electrons. The van der Waals surface area contributed by atoms with Crippen LogP contribution in [0.3, 0.4) is 0 Å². The van der Waals surface area contributed by atoms with Crippen molar-refractivity contribution in [2.24, 2.45) is 5.73 Å². The van der Waals surface area contributed by atoms with E-state index < -0.39 is 14.4 Å². The van der Waals surface area contributed by atoms with Crippen molar-refractivity contribution in [3.63, 3.8) is 0 Å². The maximum absolute atomic E-state index is 9.27. The number of aliphatic hydroxyl groups excluding tert-OH is 1. The Hall–Kier alpha value is 0.270. The largest absolute Gasteiger partial charge is 0.370 e. The van der Waals surface area contributed by atoms with Crippen molar-refractivity contribution in [2.75, 3.05) is 0 Å². The van der Waals surface area contributed by atoms with Crippen LogP contribution in [0.1, 0.15) is 13.3 Å². The summed E-state index contributed by atoms with van der Waals surface area (Å²) in [7, 11) is -1.25. The summed E-state index contributed by atoms with van der Waals surface area (Å²) in [5, 5.41) is 8.96. The van der Waals surface area contributed by atoms with Crippen LogP contribution < -0.4 is 5.73 Å². The molecule has 1 rings (SSSR count). The minimum absolute atomic E-state index is 0.297. The fourth-order valence-corrected chi connectivity index (χ4v) is 2.13. The van der Waals surface area contributed by atoms with E-state index in [2.05, 4.69) is 0 Å². The summed E-state index contributed by atoms with van der Waals surface area (Å²) >= 11 is 0. The molecule has 0 aliphatic carbocycles. The maximum Gasteiger partial charge on any atom is 0.157 e. The van der Waals surface area contributed by atoms with E-state index in [1.165, 1.54) is 0 Å². The second-order valence-electron chi connectivity index (χ2n) is 2.37. The molecule has 0 saturated carbocycles. The SMILES string of the molecule is CC1OC(O)CC(N)P1O. The molecule has 1 fully saturated rings. The summed E-state index contributed by atoms with van der Waals surface area (Å²) in [5.41, 5.74) is 5.50. The number of nitrogens with two attached hydrogens (primary N) is 1. The molecule has 1 saturated heterocycles. The number of aliphatic hydroxyl groups is 1. The molecule has 60 valence electrons. The highest BCUT2D eigenvalue weighted by Crippen LogP contribution is 2.45. The molecular weight excluding hydrogens is 153 g/mol. The van der Waals surface area contributed by atoms with Crippen LogP contribution in [-0.4, -0.2) is 27.9 Å². The normalized spacial score (nSPS) is 49.2. The lowest BCUT2D eigenvalue weighted by Gasteiger charge is -2.33. The smallest absolute Gasteiger partial charge is 0.157 e. The zero-order valence-corrected chi connectivity index (χ0v) is 6.66. The lowest BCUT2D eigenvalue weighted by Crippen LogP contribution is -2.36. The van der Waals surface area contributed by atoms with Gasteiger partial charge in [-0.25, -0.2) is 0 Å². The van der Waals surface area contributed by atoms with Crippen molar-refractivity contribution in [2.45, 2.75) is 31.3 Å². The van der Waals surface area contributed by atoms with Gasteiger partial charge < -0.3 is 20.5 Å². The monoisotopic (exact) mass is 165 g/mol. The summed E-state index contributed by atoms with van der Waals surface area (Å²) in [5.74, 6) is -0.595. The van der Waals surface area contributed by atoms with Gasteiger partial charge in [-0.2, -0.15) is 0 Å². The fourth-order valence-electron chi connectivity index (χ4n) is 0.929. The second-order valence-corrected chi connectivity index (χ2v) is 4.52. The fraction of sp³-hybridized carbons (Fsp3) is 1.00. The van der Waals surface area contributed by atoms with Gasteiger partial charge in [-0.15, -0.1) is 0 Å². The van der Waals surface area contributed by atoms with E-state index in [0.717, 1.165) is 0 Å². The van der Waals surface area contributed by atoms with E-state index in [1.54, 1.807) is 6.92 Å². The summed E-state index contributed by atoms with van der Waals surface area (Å²) in [4.78, 5) is 9.27. The van der Waals surface area contributed by atoms with E-state index in [-0.39, 0.29) is 11.6 Å². The molecule has 4 N–H and O–H groups in total. The minimum atomic E-state index is -1.25. The molecule has 0 amide bonds. The van der Waals surface area contributed by atoms with Crippen molar-refractivity contribution >= 4 is 8.15 Å². The first kappa shape index (κ1) is 8.37. The number of hydrogen-bond donors (Lipinski definition) is 3. The van der Waals surface area contributed by atoms with Crippen LogP contribution in [0.4, 0.5) is 0 Å². The van der Waals surface area contributed by atoms with Gasteiger partial charge in [0.15, 0.2) is 6.29 Å². The van der Waals surface area contributed by atoms with Gasteiger partial charge in [-0.1, -0.05) is 0 Å². The zero-order chi connectivity index (χ0) is 7.72. The van der Waals surface area contributed by atoms with Gasteiger partial charge in [0, 0.05) is 6.42 Å². The van der Waals surface area contributed by atoms with Crippen molar-refractivity contribution in [1.82, 2.24) is 0 Å². The topological polar surface area (TPSA) is 75.7 Å². The predicted octanol–water partition coefficient (Wildman–Crippen LogP) is -0.255. The predicted molar refractivity (Wildman–Crippen MR) is 38.3 cm³/mol. The van der Waals surface area contributed by atoms with Crippen molar-refractivity contribution in [3.8, 4) is 0 Å². The molecule has 0 bridgehead atoms. The van der Waals surface area contributed by atoms with E-state index in [1.807, 2.05) is 0 Å². The van der Waals surface area contributed by atoms with Gasteiger partial charge in [-0.3, -0.25) is 0 Å². The van der Waals surface area contributed by atoms with Gasteiger partial charge in [0.25, 0.3) is 0 Å². The standard InChI is InChI=1S/C5H12NO3P/c1-3-9-5(7)2-4(6)10(3)8/h3-5,7-8H,2,6H2,1H3. The van der Waals surface area contributed by atoms with Crippen LogP contribution in [0, 0.1) is 0 Å². The molecular formula is C5H12NO3P. The van der Waals surface area contributed by atoms with Crippen LogP contribution in [-0.2, 0) is 4.74 Å². The third kappa shape index (κ3) is 1.65. The molecule has 4 atom stereocenters. The zero-order valence-electron chi connectivity index (χ0n) is 5.77. The number of hydrogen-bond acceptors (Lipinski definition) is 4. The van der Waals surface area contributed by atoms with E-state index in [0.29, 0.717) is 6.42 Å². The highest BCUT2D eigenvalue weighted by atomic mass is 31.1. The Kier molecular flexibility index (Phi) is 2.61. The van der Waals surface area contributed by atoms with Crippen molar-refractivity contribution in [3.05, 3.63) is 0 Å². The Morgan fingerprint density at radius 2 is 2.30 bits per heavy atom. The molecule has 5 heteroatoms. The molecule has 0 aromatic rings. The molecule has 4 nitrogen and oxygen atoms in total. The lowest BCUT2D eigenvalue weighted by molar-refractivity contribution is -0.121. The number of ether oxygens (including phenoxy) is 1. The first-order chi connectivity index (χ1) is 4.61. The van der Waals surface area contributed by atoms with Crippen molar-refractivity contribution < 1.29 is 14.7 Å². The Labute approximate surface area is 60.8 Å². The average Bonchev–Trinajstić information content (AvgIpc) is 1.82. The molecule has 10 heavy (non-hydrogen) atoms. The average molecular weight is 165 g/mol. The molecule has 0 aromatic carbocycles. The van der Waals surface area contributed by atoms with Gasteiger partial charge >= 0.3 is 0 Å². The Balaban J connectivity index is 2.49. The Morgan fingerprint density at radius 3 is 2.80 bits per heavy atom. The molecule has 0 spiro atoms.